The first-order valence-corrected chi connectivity index (χ1v) is 8.48. The molecule has 0 fully saturated rings. The average molecular weight is 316 g/mol. The third kappa shape index (κ3) is 2.20. The van der Waals surface area contributed by atoms with Crippen LogP contribution in [-0.2, 0) is 12.8 Å². The number of rotatable bonds is 2. The highest BCUT2D eigenvalue weighted by atomic mass is 16.2. The maximum atomic E-state index is 13.4. The number of aryl methyl sites for hydroxylation is 1. The van der Waals surface area contributed by atoms with Crippen LogP contribution >= 0.6 is 0 Å². The van der Waals surface area contributed by atoms with Crippen LogP contribution in [0.5, 0.6) is 0 Å². The fourth-order valence-corrected chi connectivity index (χ4v) is 3.66. The van der Waals surface area contributed by atoms with Crippen LogP contribution in [-0.4, -0.2) is 17.4 Å². The number of pyridine rings is 1. The molecule has 1 aromatic heterocycles. The largest absolute Gasteiger partial charge is 0.308 e. The first-order chi connectivity index (χ1) is 11.7. The molecule has 0 saturated heterocycles. The van der Waals surface area contributed by atoms with Gasteiger partial charge in [0.1, 0.15) is 0 Å². The lowest BCUT2D eigenvalue weighted by atomic mass is 9.99. The number of anilines is 1. The monoisotopic (exact) mass is 316 g/mol. The molecule has 1 aliphatic heterocycles. The van der Waals surface area contributed by atoms with Crippen molar-refractivity contribution in [1.82, 2.24) is 4.98 Å². The van der Waals surface area contributed by atoms with Crippen LogP contribution in [0.25, 0.3) is 10.9 Å². The Kier molecular flexibility index (Phi) is 3.57. The minimum atomic E-state index is 0.0887. The Labute approximate surface area is 141 Å². The van der Waals surface area contributed by atoms with E-state index in [4.69, 9.17) is 4.98 Å². The van der Waals surface area contributed by atoms with E-state index < -0.39 is 0 Å². The average Bonchev–Trinajstić information content (AvgIpc) is 3.05. The van der Waals surface area contributed by atoms with Gasteiger partial charge in [0.25, 0.3) is 5.91 Å². The van der Waals surface area contributed by atoms with E-state index in [1.54, 1.807) is 0 Å². The second kappa shape index (κ2) is 5.75. The molecule has 2 aromatic carbocycles. The Balaban J connectivity index is 1.90. The molecular weight excluding hydrogens is 296 g/mol. The van der Waals surface area contributed by atoms with E-state index in [1.807, 2.05) is 54.3 Å². The third-order valence-corrected chi connectivity index (χ3v) is 4.92. The van der Waals surface area contributed by atoms with Gasteiger partial charge in [-0.25, -0.2) is 0 Å². The molecular formula is C21H20N2O. The third-order valence-electron chi connectivity index (χ3n) is 4.92. The van der Waals surface area contributed by atoms with Gasteiger partial charge in [0.15, 0.2) is 0 Å². The number of hydrogen-bond donors (Lipinski definition) is 0. The van der Waals surface area contributed by atoms with E-state index in [0.717, 1.165) is 52.8 Å². The van der Waals surface area contributed by atoms with Gasteiger partial charge < -0.3 is 4.90 Å². The Hall–Kier alpha value is -2.68. The number of aromatic nitrogens is 1. The second-order valence-corrected chi connectivity index (χ2v) is 6.26. The summed E-state index contributed by atoms with van der Waals surface area (Å²) in [5.74, 6) is 0.0887. The van der Waals surface area contributed by atoms with Crippen molar-refractivity contribution in [2.24, 2.45) is 0 Å². The summed E-state index contributed by atoms with van der Waals surface area (Å²) in [4.78, 5) is 20.1. The molecule has 3 nitrogen and oxygen atoms in total. The maximum absolute atomic E-state index is 13.4. The molecule has 120 valence electrons. The summed E-state index contributed by atoms with van der Waals surface area (Å²) < 4.78 is 0. The highest BCUT2D eigenvalue weighted by Gasteiger charge is 2.28. The number of amides is 1. The first kappa shape index (κ1) is 14.9. The molecule has 0 saturated carbocycles. The first-order valence-electron chi connectivity index (χ1n) is 8.48. The Bertz CT molecular complexity index is 946. The second-order valence-electron chi connectivity index (χ2n) is 6.26. The molecule has 3 heteroatoms. The van der Waals surface area contributed by atoms with Crippen LogP contribution in [0, 0.1) is 6.92 Å². The van der Waals surface area contributed by atoms with Gasteiger partial charge in [0.2, 0.25) is 0 Å². The minimum absolute atomic E-state index is 0.0887. The number of hydrogen-bond acceptors (Lipinski definition) is 2. The summed E-state index contributed by atoms with van der Waals surface area (Å²) >= 11 is 0. The number of fused-ring (bicyclic) bond motifs is 2. The predicted octanol–water partition coefficient (Wildman–Crippen LogP) is 4.31. The number of benzene rings is 2. The van der Waals surface area contributed by atoms with Crippen LogP contribution in [0.1, 0.15) is 34.1 Å². The minimum Gasteiger partial charge on any atom is -0.308 e. The fraction of sp³-hybridized carbons (Fsp3) is 0.238. The Morgan fingerprint density at radius 3 is 2.71 bits per heavy atom. The van der Waals surface area contributed by atoms with Gasteiger partial charge >= 0.3 is 0 Å². The van der Waals surface area contributed by atoms with Gasteiger partial charge in [-0.2, -0.15) is 0 Å². The SMILES string of the molecule is CCc1nc2ccccc2c(C(=O)N2CCc3ccccc32)c1C. The highest BCUT2D eigenvalue weighted by Crippen LogP contribution is 2.32. The van der Waals surface area contributed by atoms with Crippen molar-refractivity contribution in [3.8, 4) is 0 Å². The summed E-state index contributed by atoms with van der Waals surface area (Å²) in [6, 6.07) is 16.1. The Morgan fingerprint density at radius 2 is 1.88 bits per heavy atom. The van der Waals surface area contributed by atoms with E-state index in [-0.39, 0.29) is 5.91 Å². The molecule has 0 bridgehead atoms. The van der Waals surface area contributed by atoms with Crippen LogP contribution in [0.15, 0.2) is 48.5 Å². The lowest BCUT2D eigenvalue weighted by Gasteiger charge is -2.21. The molecule has 0 unspecified atom stereocenters. The zero-order valence-electron chi connectivity index (χ0n) is 14.0. The predicted molar refractivity (Wildman–Crippen MR) is 97.7 cm³/mol. The van der Waals surface area contributed by atoms with Crippen LogP contribution < -0.4 is 4.90 Å². The van der Waals surface area contributed by atoms with E-state index in [2.05, 4.69) is 13.0 Å². The van der Waals surface area contributed by atoms with Gasteiger partial charge in [-0.1, -0.05) is 43.3 Å². The molecule has 0 radical (unpaired) electrons. The summed E-state index contributed by atoms with van der Waals surface area (Å²) in [7, 11) is 0. The molecule has 0 aliphatic carbocycles. The van der Waals surface area contributed by atoms with Crippen molar-refractivity contribution in [2.45, 2.75) is 26.7 Å². The van der Waals surface area contributed by atoms with E-state index in [9.17, 15) is 4.79 Å². The van der Waals surface area contributed by atoms with Crippen molar-refractivity contribution in [1.29, 1.82) is 0 Å². The number of para-hydroxylation sites is 2. The summed E-state index contributed by atoms with van der Waals surface area (Å²) in [6.07, 6.45) is 1.75. The van der Waals surface area contributed by atoms with Crippen molar-refractivity contribution >= 4 is 22.5 Å². The molecule has 1 amide bonds. The molecule has 4 rings (SSSR count). The normalized spacial score (nSPS) is 13.3. The van der Waals surface area contributed by atoms with Crippen molar-refractivity contribution in [3.05, 3.63) is 70.9 Å². The van der Waals surface area contributed by atoms with Gasteiger partial charge in [-0.3, -0.25) is 9.78 Å². The molecule has 0 atom stereocenters. The zero-order chi connectivity index (χ0) is 16.7. The number of nitrogens with zero attached hydrogens (tertiary/aromatic N) is 2. The molecule has 3 aromatic rings. The van der Waals surface area contributed by atoms with Gasteiger partial charge in [-0.15, -0.1) is 0 Å². The van der Waals surface area contributed by atoms with E-state index in [1.165, 1.54) is 5.56 Å². The van der Waals surface area contributed by atoms with Gasteiger partial charge in [-0.05, 0) is 43.0 Å². The topological polar surface area (TPSA) is 33.2 Å². The number of carbonyl (C=O) groups excluding carboxylic acids is 1. The van der Waals surface area contributed by atoms with Gasteiger partial charge in [0.05, 0.1) is 11.1 Å². The van der Waals surface area contributed by atoms with Crippen molar-refractivity contribution in [3.63, 3.8) is 0 Å². The van der Waals surface area contributed by atoms with Crippen molar-refractivity contribution in [2.75, 3.05) is 11.4 Å². The number of carbonyl (C=O) groups is 1. The summed E-state index contributed by atoms with van der Waals surface area (Å²) in [5, 5.41) is 0.946. The maximum Gasteiger partial charge on any atom is 0.259 e. The quantitative estimate of drug-likeness (QED) is 0.706. The smallest absolute Gasteiger partial charge is 0.259 e. The lowest BCUT2D eigenvalue weighted by Crippen LogP contribution is -2.30. The van der Waals surface area contributed by atoms with Gasteiger partial charge in [0, 0.05) is 23.3 Å². The standard InChI is InChI=1S/C21H20N2O/c1-3-17-14(2)20(16-9-5-6-10-18(16)22-17)21(24)23-13-12-15-8-4-7-11-19(15)23/h4-11H,3,12-13H2,1-2H3. The zero-order valence-corrected chi connectivity index (χ0v) is 14.0. The molecule has 2 heterocycles. The summed E-state index contributed by atoms with van der Waals surface area (Å²) in [6.45, 7) is 4.85. The lowest BCUT2D eigenvalue weighted by molar-refractivity contribution is 0.0990. The van der Waals surface area contributed by atoms with Crippen molar-refractivity contribution < 1.29 is 4.79 Å². The van der Waals surface area contributed by atoms with Crippen LogP contribution in [0.2, 0.25) is 0 Å². The molecule has 0 N–H and O–H groups in total. The van der Waals surface area contributed by atoms with E-state index in [0.29, 0.717) is 0 Å². The van der Waals surface area contributed by atoms with E-state index >= 15 is 0 Å². The highest BCUT2D eigenvalue weighted by molar-refractivity contribution is 6.15. The molecule has 0 spiro atoms. The molecule has 24 heavy (non-hydrogen) atoms. The van der Waals surface area contributed by atoms with Crippen LogP contribution in [0.4, 0.5) is 5.69 Å². The Morgan fingerprint density at radius 1 is 1.12 bits per heavy atom. The fourth-order valence-electron chi connectivity index (χ4n) is 3.66. The van der Waals surface area contributed by atoms with Crippen LogP contribution in [0.3, 0.4) is 0 Å². The summed E-state index contributed by atoms with van der Waals surface area (Å²) in [5.41, 5.74) is 6.00. The molecule has 1 aliphatic rings.